The van der Waals surface area contributed by atoms with E-state index in [9.17, 15) is 4.79 Å². The zero-order valence-electron chi connectivity index (χ0n) is 11.7. The molecule has 0 aliphatic carbocycles. The van der Waals surface area contributed by atoms with Crippen LogP contribution in [0.5, 0.6) is 0 Å². The fraction of sp³-hybridized carbons (Fsp3) is 0.267. The Morgan fingerprint density at radius 1 is 1.10 bits per heavy atom. The maximum absolute atomic E-state index is 10.8. The third-order valence-electron chi connectivity index (χ3n) is 3.19. The van der Waals surface area contributed by atoms with Gasteiger partial charge in [0.2, 0.25) is 0 Å². The molecule has 0 spiro atoms. The van der Waals surface area contributed by atoms with Gasteiger partial charge in [0.1, 0.15) is 5.82 Å². The molecule has 21 heavy (non-hydrogen) atoms. The Hall–Kier alpha value is -1.65. The van der Waals surface area contributed by atoms with Crippen molar-refractivity contribution >= 4 is 29.2 Å². The molecule has 1 aromatic carbocycles. The molecule has 1 heterocycles. The maximum Gasteiger partial charge on any atom is 0.307 e. The van der Waals surface area contributed by atoms with E-state index in [2.05, 4.69) is 9.97 Å². The van der Waals surface area contributed by atoms with E-state index in [1.54, 1.807) is 32.0 Å². The van der Waals surface area contributed by atoms with Crippen LogP contribution >= 0.6 is 23.2 Å². The summed E-state index contributed by atoms with van der Waals surface area (Å²) < 4.78 is 0. The minimum absolute atomic E-state index is 0.0786. The quantitative estimate of drug-likeness (QED) is 0.932. The van der Waals surface area contributed by atoms with Crippen LogP contribution in [0.15, 0.2) is 18.2 Å². The van der Waals surface area contributed by atoms with Crippen LogP contribution in [-0.4, -0.2) is 21.0 Å². The molecule has 0 bridgehead atoms. The highest BCUT2D eigenvalue weighted by Gasteiger charge is 2.14. The largest absolute Gasteiger partial charge is 0.481 e. The highest BCUT2D eigenvalue weighted by atomic mass is 35.5. The first-order chi connectivity index (χ1) is 9.88. The SMILES string of the molecule is Cc1nc(Cc2c(Cl)cccc2Cl)nc(C)c1CC(=O)O. The fourth-order valence-corrected chi connectivity index (χ4v) is 2.69. The molecule has 2 aromatic rings. The van der Waals surface area contributed by atoms with E-state index in [1.807, 2.05) is 0 Å². The Morgan fingerprint density at radius 3 is 2.10 bits per heavy atom. The molecule has 2 rings (SSSR count). The summed E-state index contributed by atoms with van der Waals surface area (Å²) >= 11 is 12.3. The van der Waals surface area contributed by atoms with Crippen LogP contribution in [0.3, 0.4) is 0 Å². The highest BCUT2D eigenvalue weighted by Crippen LogP contribution is 2.26. The third-order valence-corrected chi connectivity index (χ3v) is 3.90. The monoisotopic (exact) mass is 324 g/mol. The molecule has 110 valence electrons. The standard InChI is InChI=1S/C15H14Cl2N2O2/c1-8-10(7-15(20)21)9(2)19-14(18-8)6-11-12(16)4-3-5-13(11)17/h3-5H,6-7H2,1-2H3,(H,20,21). The number of aliphatic carboxylic acids is 1. The van der Waals surface area contributed by atoms with Crippen LogP contribution in [0.2, 0.25) is 10.0 Å². The van der Waals surface area contributed by atoms with E-state index < -0.39 is 5.97 Å². The molecule has 1 aromatic heterocycles. The van der Waals surface area contributed by atoms with Gasteiger partial charge in [0.25, 0.3) is 0 Å². The van der Waals surface area contributed by atoms with Crippen LogP contribution in [-0.2, 0) is 17.6 Å². The number of aryl methyl sites for hydroxylation is 2. The van der Waals surface area contributed by atoms with E-state index in [0.717, 1.165) is 5.56 Å². The molecule has 0 unspecified atom stereocenters. The van der Waals surface area contributed by atoms with Crippen molar-refractivity contribution in [2.75, 3.05) is 0 Å². The van der Waals surface area contributed by atoms with Crippen molar-refractivity contribution in [1.82, 2.24) is 9.97 Å². The average Bonchev–Trinajstić information content (AvgIpc) is 2.38. The first-order valence-electron chi connectivity index (χ1n) is 6.36. The summed E-state index contributed by atoms with van der Waals surface area (Å²) in [6, 6.07) is 5.31. The predicted molar refractivity (Wildman–Crippen MR) is 82.1 cm³/mol. The number of carboxylic acid groups (broad SMARTS) is 1. The van der Waals surface area contributed by atoms with Gasteiger partial charge in [-0.2, -0.15) is 0 Å². The van der Waals surface area contributed by atoms with Crippen molar-refractivity contribution in [2.24, 2.45) is 0 Å². The second-order valence-electron chi connectivity index (χ2n) is 4.74. The molecule has 0 fully saturated rings. The van der Waals surface area contributed by atoms with Crippen molar-refractivity contribution < 1.29 is 9.90 Å². The Morgan fingerprint density at radius 2 is 1.62 bits per heavy atom. The lowest BCUT2D eigenvalue weighted by Crippen LogP contribution is -2.10. The summed E-state index contributed by atoms with van der Waals surface area (Å²) in [7, 11) is 0. The zero-order valence-corrected chi connectivity index (χ0v) is 13.2. The van der Waals surface area contributed by atoms with E-state index in [1.165, 1.54) is 0 Å². The number of halogens is 2. The number of aromatic nitrogens is 2. The summed E-state index contributed by atoms with van der Waals surface area (Å²) in [4.78, 5) is 19.6. The Labute approximate surface area is 132 Å². The number of benzene rings is 1. The van der Waals surface area contributed by atoms with Gasteiger partial charge in [-0.1, -0.05) is 29.3 Å². The topological polar surface area (TPSA) is 63.1 Å². The molecule has 0 radical (unpaired) electrons. The van der Waals surface area contributed by atoms with Gasteiger partial charge in [-0.15, -0.1) is 0 Å². The summed E-state index contributed by atoms with van der Waals surface area (Å²) in [6.07, 6.45) is 0.332. The van der Waals surface area contributed by atoms with Crippen molar-refractivity contribution in [2.45, 2.75) is 26.7 Å². The van der Waals surface area contributed by atoms with Crippen LogP contribution in [0.4, 0.5) is 0 Å². The smallest absolute Gasteiger partial charge is 0.307 e. The van der Waals surface area contributed by atoms with Gasteiger partial charge in [0.05, 0.1) is 6.42 Å². The van der Waals surface area contributed by atoms with Gasteiger partial charge < -0.3 is 5.11 Å². The van der Waals surface area contributed by atoms with Gasteiger partial charge in [-0.05, 0) is 31.5 Å². The minimum Gasteiger partial charge on any atom is -0.481 e. The molecule has 0 aliphatic heterocycles. The minimum atomic E-state index is -0.897. The van der Waals surface area contributed by atoms with Gasteiger partial charge in [-0.3, -0.25) is 4.79 Å². The number of rotatable bonds is 4. The first-order valence-corrected chi connectivity index (χ1v) is 7.11. The number of nitrogens with zero attached hydrogens (tertiary/aromatic N) is 2. The summed E-state index contributed by atoms with van der Waals surface area (Å²) in [5.74, 6) is -0.319. The first kappa shape index (κ1) is 15.7. The summed E-state index contributed by atoms with van der Waals surface area (Å²) in [5, 5.41) is 10.0. The van der Waals surface area contributed by atoms with Gasteiger partial charge in [-0.25, -0.2) is 9.97 Å². The molecular formula is C15H14Cl2N2O2. The number of hydrogen-bond donors (Lipinski definition) is 1. The third kappa shape index (κ3) is 3.71. The van der Waals surface area contributed by atoms with Crippen LogP contribution in [0.1, 0.15) is 28.3 Å². The fourth-order valence-electron chi connectivity index (χ4n) is 2.15. The molecule has 4 nitrogen and oxygen atoms in total. The van der Waals surface area contributed by atoms with E-state index in [0.29, 0.717) is 39.2 Å². The second kappa shape index (κ2) is 6.41. The molecule has 0 aliphatic rings. The summed E-state index contributed by atoms with van der Waals surface area (Å²) in [6.45, 7) is 3.56. The lowest BCUT2D eigenvalue weighted by Gasteiger charge is -2.11. The summed E-state index contributed by atoms with van der Waals surface area (Å²) in [5.41, 5.74) is 2.76. The molecule has 0 amide bonds. The molecular weight excluding hydrogens is 311 g/mol. The predicted octanol–water partition coefficient (Wildman–Crippen LogP) is 3.62. The Balaban J connectivity index is 2.36. The van der Waals surface area contributed by atoms with Crippen molar-refractivity contribution in [3.05, 3.63) is 56.6 Å². The Bertz CT molecular complexity index is 659. The van der Waals surface area contributed by atoms with Crippen LogP contribution < -0.4 is 0 Å². The van der Waals surface area contributed by atoms with Crippen molar-refractivity contribution in [1.29, 1.82) is 0 Å². The second-order valence-corrected chi connectivity index (χ2v) is 5.55. The van der Waals surface area contributed by atoms with Crippen molar-refractivity contribution in [3.63, 3.8) is 0 Å². The van der Waals surface area contributed by atoms with Gasteiger partial charge >= 0.3 is 5.97 Å². The van der Waals surface area contributed by atoms with E-state index >= 15 is 0 Å². The van der Waals surface area contributed by atoms with E-state index in [4.69, 9.17) is 28.3 Å². The molecule has 0 saturated carbocycles. The number of carbonyl (C=O) groups is 1. The lowest BCUT2D eigenvalue weighted by atomic mass is 10.1. The average molecular weight is 325 g/mol. The highest BCUT2D eigenvalue weighted by molar-refractivity contribution is 6.36. The lowest BCUT2D eigenvalue weighted by molar-refractivity contribution is -0.136. The molecule has 6 heteroatoms. The Kier molecular flexibility index (Phi) is 4.80. The molecule has 1 N–H and O–H groups in total. The maximum atomic E-state index is 10.8. The van der Waals surface area contributed by atoms with Crippen molar-refractivity contribution in [3.8, 4) is 0 Å². The van der Waals surface area contributed by atoms with Gasteiger partial charge in [0, 0.05) is 33.4 Å². The zero-order chi connectivity index (χ0) is 15.6. The van der Waals surface area contributed by atoms with Crippen LogP contribution in [0, 0.1) is 13.8 Å². The van der Waals surface area contributed by atoms with Gasteiger partial charge in [0.15, 0.2) is 0 Å². The van der Waals surface area contributed by atoms with Crippen LogP contribution in [0.25, 0.3) is 0 Å². The number of hydrogen-bond acceptors (Lipinski definition) is 3. The molecule has 0 saturated heterocycles. The normalized spacial score (nSPS) is 10.7. The molecule has 0 atom stereocenters. The van der Waals surface area contributed by atoms with E-state index in [-0.39, 0.29) is 6.42 Å². The number of carboxylic acids is 1.